The predicted octanol–water partition coefficient (Wildman–Crippen LogP) is 2.67. The van der Waals surface area contributed by atoms with Crippen molar-refractivity contribution in [2.24, 2.45) is 5.10 Å². The number of carbonyl (C=O) groups excluding carboxylic acids is 3. The lowest BCUT2D eigenvalue weighted by Crippen LogP contribution is -2.41. The van der Waals surface area contributed by atoms with Crippen molar-refractivity contribution in [3.63, 3.8) is 0 Å². The van der Waals surface area contributed by atoms with E-state index in [-0.39, 0.29) is 17.0 Å². The fraction of sp³-hybridized carbons (Fsp3) is 0.174. The number of carbonyl (C=O) groups is 3. The number of benzene rings is 1. The molecule has 4 rings (SSSR count). The fourth-order valence-corrected chi connectivity index (χ4v) is 3.51. The van der Waals surface area contributed by atoms with Crippen molar-refractivity contribution < 1.29 is 23.2 Å². The van der Waals surface area contributed by atoms with E-state index in [9.17, 15) is 18.8 Å². The molecule has 168 valence electrons. The van der Waals surface area contributed by atoms with Gasteiger partial charge in [-0.1, -0.05) is 6.07 Å². The monoisotopic (exact) mass is 449 g/mol. The Morgan fingerprint density at radius 1 is 1.00 bits per heavy atom. The Kier molecular flexibility index (Phi) is 6.25. The number of hydrazine groups is 1. The summed E-state index contributed by atoms with van der Waals surface area (Å²) in [6.45, 7) is 1.71. The number of hydrazone groups is 1. The number of aryl methyl sites for hydroxylation is 1. The lowest BCUT2D eigenvalue weighted by atomic mass is 9.93. The number of pyridine rings is 1. The van der Waals surface area contributed by atoms with Crippen LogP contribution in [0.3, 0.4) is 0 Å². The number of halogens is 1. The molecule has 3 N–H and O–H groups in total. The number of aromatic nitrogens is 1. The van der Waals surface area contributed by atoms with Crippen LogP contribution in [0.5, 0.6) is 0 Å². The number of amides is 3. The Bertz CT molecular complexity index is 1240. The second-order valence-corrected chi connectivity index (χ2v) is 7.34. The Morgan fingerprint density at radius 3 is 2.48 bits per heavy atom. The van der Waals surface area contributed by atoms with Crippen molar-refractivity contribution in [3.05, 3.63) is 88.4 Å². The maximum atomic E-state index is 13.0. The molecule has 33 heavy (non-hydrogen) atoms. The summed E-state index contributed by atoms with van der Waals surface area (Å²) in [6.07, 6.45) is 3.46. The van der Waals surface area contributed by atoms with Gasteiger partial charge in [0, 0.05) is 29.3 Å². The summed E-state index contributed by atoms with van der Waals surface area (Å²) in [5.41, 5.74) is 9.31. The zero-order chi connectivity index (χ0) is 23.4. The van der Waals surface area contributed by atoms with Gasteiger partial charge in [0.2, 0.25) is 0 Å². The van der Waals surface area contributed by atoms with Gasteiger partial charge in [-0.2, -0.15) is 5.10 Å². The molecule has 0 radical (unpaired) electrons. The van der Waals surface area contributed by atoms with Gasteiger partial charge >= 0.3 is 5.91 Å². The van der Waals surface area contributed by atoms with Crippen molar-refractivity contribution in [3.8, 4) is 0 Å². The van der Waals surface area contributed by atoms with Crippen molar-refractivity contribution in [2.45, 2.75) is 26.2 Å². The van der Waals surface area contributed by atoms with Crippen LogP contribution in [-0.2, 0) is 6.42 Å². The van der Waals surface area contributed by atoms with Crippen LogP contribution >= 0.6 is 0 Å². The van der Waals surface area contributed by atoms with Crippen LogP contribution in [0.15, 0.2) is 58.2 Å². The van der Waals surface area contributed by atoms with E-state index in [1.807, 2.05) is 0 Å². The molecular formula is C23H20FN5O4. The quantitative estimate of drug-likeness (QED) is 0.528. The van der Waals surface area contributed by atoms with Gasteiger partial charge in [-0.05, 0) is 56.2 Å². The van der Waals surface area contributed by atoms with Crippen LogP contribution in [0.25, 0.3) is 0 Å². The van der Waals surface area contributed by atoms with E-state index in [1.54, 1.807) is 25.1 Å². The maximum absolute atomic E-state index is 13.0. The molecule has 2 aromatic heterocycles. The van der Waals surface area contributed by atoms with Crippen molar-refractivity contribution in [1.29, 1.82) is 0 Å². The standard InChI is InChI=1S/C23H20FN5O4/c1-13-19-16(26-28-22(31)17-5-2-3-12-25-17)6-4-7-18(19)33-20(13)23(32)29-27-21(30)14-8-10-15(24)11-9-14/h2-3,5,8-12H,4,6-7H2,1H3,(H,27,30)(H,28,31)(H,29,32)/b26-16+. The molecule has 0 aliphatic heterocycles. The minimum atomic E-state index is -0.644. The highest BCUT2D eigenvalue weighted by Gasteiger charge is 2.28. The summed E-state index contributed by atoms with van der Waals surface area (Å²) in [6, 6.07) is 9.89. The number of nitrogens with one attached hydrogen (secondary N) is 3. The summed E-state index contributed by atoms with van der Waals surface area (Å²) < 4.78 is 18.8. The molecule has 0 spiro atoms. The predicted molar refractivity (Wildman–Crippen MR) is 116 cm³/mol. The van der Waals surface area contributed by atoms with E-state index >= 15 is 0 Å². The van der Waals surface area contributed by atoms with Crippen LogP contribution < -0.4 is 16.3 Å². The first-order valence-corrected chi connectivity index (χ1v) is 10.2. The largest absolute Gasteiger partial charge is 0.455 e. The van der Waals surface area contributed by atoms with Gasteiger partial charge in [-0.25, -0.2) is 9.82 Å². The molecule has 3 aromatic rings. The molecule has 0 saturated heterocycles. The highest BCUT2D eigenvalue weighted by Crippen LogP contribution is 2.29. The average Bonchev–Trinajstić information content (AvgIpc) is 3.19. The van der Waals surface area contributed by atoms with E-state index in [0.717, 1.165) is 18.6 Å². The number of hydrogen-bond donors (Lipinski definition) is 3. The maximum Gasteiger partial charge on any atom is 0.305 e. The third-order valence-electron chi connectivity index (χ3n) is 5.12. The van der Waals surface area contributed by atoms with E-state index < -0.39 is 23.5 Å². The Hall–Kier alpha value is -4.34. The summed E-state index contributed by atoms with van der Waals surface area (Å²) in [4.78, 5) is 41.0. The molecule has 0 bridgehead atoms. The number of rotatable bonds is 4. The van der Waals surface area contributed by atoms with Crippen LogP contribution in [-0.4, -0.2) is 28.4 Å². The molecule has 0 saturated carbocycles. The summed E-state index contributed by atoms with van der Waals surface area (Å²) in [5, 5.41) is 4.24. The highest BCUT2D eigenvalue weighted by atomic mass is 19.1. The van der Waals surface area contributed by atoms with E-state index in [1.165, 1.54) is 18.3 Å². The molecule has 3 amide bonds. The van der Waals surface area contributed by atoms with Crippen LogP contribution in [0.4, 0.5) is 4.39 Å². The lowest BCUT2D eigenvalue weighted by molar-refractivity contribution is 0.0829. The first kappa shape index (κ1) is 21.9. The van der Waals surface area contributed by atoms with Gasteiger partial charge in [-0.15, -0.1) is 0 Å². The Balaban J connectivity index is 1.47. The number of hydrogen-bond acceptors (Lipinski definition) is 6. The first-order chi connectivity index (χ1) is 15.9. The normalized spacial score (nSPS) is 13.8. The molecule has 1 aromatic carbocycles. The lowest BCUT2D eigenvalue weighted by Gasteiger charge is -2.13. The van der Waals surface area contributed by atoms with E-state index in [2.05, 4.69) is 26.4 Å². The number of nitrogens with zero attached hydrogens (tertiary/aromatic N) is 2. The van der Waals surface area contributed by atoms with Crippen LogP contribution in [0.1, 0.15) is 61.1 Å². The third kappa shape index (κ3) is 4.79. The molecule has 0 fully saturated rings. The van der Waals surface area contributed by atoms with Crippen LogP contribution in [0.2, 0.25) is 0 Å². The molecule has 1 aliphatic carbocycles. The number of furan rings is 1. The highest BCUT2D eigenvalue weighted by molar-refractivity contribution is 6.07. The van der Waals surface area contributed by atoms with E-state index in [4.69, 9.17) is 4.42 Å². The fourth-order valence-electron chi connectivity index (χ4n) is 3.51. The third-order valence-corrected chi connectivity index (χ3v) is 5.12. The Morgan fingerprint density at radius 2 is 1.76 bits per heavy atom. The van der Waals surface area contributed by atoms with Gasteiger partial charge in [-0.3, -0.25) is 30.2 Å². The number of fused-ring (bicyclic) bond motifs is 1. The zero-order valence-electron chi connectivity index (χ0n) is 17.6. The molecule has 10 heteroatoms. The molecule has 0 atom stereocenters. The second kappa shape index (κ2) is 9.43. The summed E-state index contributed by atoms with van der Waals surface area (Å²) in [7, 11) is 0. The van der Waals surface area contributed by atoms with Gasteiger partial charge in [0.05, 0.1) is 5.71 Å². The van der Waals surface area contributed by atoms with Gasteiger partial charge < -0.3 is 4.42 Å². The topological polar surface area (TPSA) is 126 Å². The first-order valence-electron chi connectivity index (χ1n) is 10.2. The van der Waals surface area contributed by atoms with Gasteiger partial charge in [0.15, 0.2) is 5.76 Å². The molecule has 0 unspecified atom stereocenters. The molecule has 2 heterocycles. The smallest absolute Gasteiger partial charge is 0.305 e. The SMILES string of the molecule is Cc1c(C(=O)NNC(=O)c2ccc(F)cc2)oc2c1/C(=N/NC(=O)c1ccccn1)CCC2. The second-order valence-electron chi connectivity index (χ2n) is 7.34. The average molecular weight is 449 g/mol. The van der Waals surface area contributed by atoms with Gasteiger partial charge in [0.1, 0.15) is 17.3 Å². The Labute approximate surface area is 188 Å². The molecule has 1 aliphatic rings. The minimum Gasteiger partial charge on any atom is -0.455 e. The molecule has 9 nitrogen and oxygen atoms in total. The van der Waals surface area contributed by atoms with Crippen LogP contribution in [0, 0.1) is 12.7 Å². The zero-order valence-corrected chi connectivity index (χ0v) is 17.6. The summed E-state index contributed by atoms with van der Waals surface area (Å²) >= 11 is 0. The van der Waals surface area contributed by atoms with Crippen molar-refractivity contribution in [2.75, 3.05) is 0 Å². The van der Waals surface area contributed by atoms with Crippen molar-refractivity contribution >= 4 is 23.4 Å². The van der Waals surface area contributed by atoms with Crippen molar-refractivity contribution in [1.82, 2.24) is 21.3 Å². The molecular weight excluding hydrogens is 429 g/mol. The summed E-state index contributed by atoms with van der Waals surface area (Å²) in [5.74, 6) is -1.55. The minimum absolute atomic E-state index is 0.0325. The van der Waals surface area contributed by atoms with Gasteiger partial charge in [0.25, 0.3) is 11.8 Å². The van der Waals surface area contributed by atoms with E-state index in [0.29, 0.717) is 35.4 Å².